The van der Waals surface area contributed by atoms with E-state index in [2.05, 4.69) is 26.7 Å². The first-order valence-electron chi connectivity index (χ1n) is 16.4. The molecule has 0 aromatic carbocycles. The van der Waals surface area contributed by atoms with Crippen LogP contribution in [0.2, 0.25) is 0 Å². The lowest BCUT2D eigenvalue weighted by Crippen LogP contribution is -2.15. The number of carbonyl (C=O) groups excluding carboxylic acids is 2. The van der Waals surface area contributed by atoms with E-state index >= 15 is 0 Å². The summed E-state index contributed by atoms with van der Waals surface area (Å²) in [6.45, 7) is 2.72. The van der Waals surface area contributed by atoms with Crippen LogP contribution < -0.4 is 0 Å². The zero-order chi connectivity index (χ0) is 29.0. The lowest BCUT2D eigenvalue weighted by molar-refractivity contribution is -0.144. The molecule has 0 radical (unpaired) electrons. The van der Waals surface area contributed by atoms with Crippen LogP contribution in [-0.4, -0.2) is 37.4 Å². The van der Waals surface area contributed by atoms with Gasteiger partial charge in [-0.2, -0.15) is 0 Å². The molecule has 41 heavy (non-hydrogen) atoms. The first-order valence-corrected chi connectivity index (χ1v) is 17.2. The Bertz CT molecular complexity index is 992. The summed E-state index contributed by atoms with van der Waals surface area (Å²) in [7, 11) is 0. The number of hydrogen-bond acceptors (Lipinski definition) is 7. The van der Waals surface area contributed by atoms with Crippen molar-refractivity contribution in [3.63, 3.8) is 0 Å². The van der Waals surface area contributed by atoms with Crippen molar-refractivity contribution in [1.29, 1.82) is 0 Å². The molecule has 2 aromatic rings. The van der Waals surface area contributed by atoms with E-state index in [9.17, 15) is 9.59 Å². The number of thioether (sulfide) groups is 1. The average molecular weight is 585 g/mol. The van der Waals surface area contributed by atoms with Gasteiger partial charge in [0, 0.05) is 30.4 Å². The smallest absolute Gasteiger partial charge is 0.306 e. The Morgan fingerprint density at radius 2 is 1.39 bits per heavy atom. The topological polar surface area (TPSA) is 87.0 Å². The predicted octanol–water partition coefficient (Wildman–Crippen LogP) is 9.27. The summed E-state index contributed by atoms with van der Waals surface area (Å²) in [5.41, 5.74) is 0.949. The molecule has 0 amide bonds. The molecule has 0 atom stereocenters. The Morgan fingerprint density at radius 1 is 0.805 bits per heavy atom. The number of pyridine rings is 1. The molecular formula is C33H52N4O3S. The van der Waals surface area contributed by atoms with E-state index in [1.165, 1.54) is 96.3 Å². The molecule has 1 aliphatic rings. The number of nitrogens with zero attached hydrogens (tertiary/aromatic N) is 4. The lowest BCUT2D eigenvalue weighted by Gasteiger charge is -2.25. The van der Waals surface area contributed by atoms with Crippen LogP contribution in [0.1, 0.15) is 148 Å². The molecule has 0 bridgehead atoms. The number of ether oxygens (including phenoxy) is 1. The molecule has 0 saturated heterocycles. The van der Waals surface area contributed by atoms with Gasteiger partial charge in [0.25, 0.3) is 0 Å². The summed E-state index contributed by atoms with van der Waals surface area (Å²) in [5.74, 6) is 0.488. The lowest BCUT2D eigenvalue weighted by atomic mass is 9.95. The van der Waals surface area contributed by atoms with Gasteiger partial charge in [0.15, 0.2) is 16.1 Å². The molecular weight excluding hydrogens is 532 g/mol. The predicted molar refractivity (Wildman–Crippen MR) is 167 cm³/mol. The minimum absolute atomic E-state index is 0.0795. The summed E-state index contributed by atoms with van der Waals surface area (Å²) in [5, 5.41) is 9.35. The summed E-state index contributed by atoms with van der Waals surface area (Å²) in [6.07, 6.45) is 27.6. The van der Waals surface area contributed by atoms with Gasteiger partial charge >= 0.3 is 5.97 Å². The summed E-state index contributed by atoms with van der Waals surface area (Å²) >= 11 is 1.10. The van der Waals surface area contributed by atoms with Gasteiger partial charge in [-0.3, -0.25) is 19.1 Å². The van der Waals surface area contributed by atoms with Crippen LogP contribution >= 0.6 is 11.8 Å². The maximum atomic E-state index is 12.8. The SMILES string of the molecule is CCCCCCCCCCCCCCCCOC(=O)CCC(=O)Sc1nnc(-c2ccncc2)n1C1CCCCC1. The maximum Gasteiger partial charge on any atom is 0.306 e. The molecule has 0 N–H and O–H groups in total. The standard InChI is InChI=1S/C33H52N4O3S/c1-2-3-4-5-6-7-8-9-10-11-12-13-14-18-27-40-30(38)21-22-31(39)41-33-36-35-32(28-23-25-34-26-24-28)37(33)29-19-16-15-17-20-29/h23-26,29H,2-22,27H2,1H3. The van der Waals surface area contributed by atoms with Gasteiger partial charge in [-0.1, -0.05) is 110 Å². The van der Waals surface area contributed by atoms with Crippen molar-refractivity contribution in [2.75, 3.05) is 6.61 Å². The Labute approximate surface area is 252 Å². The van der Waals surface area contributed by atoms with Gasteiger partial charge < -0.3 is 4.74 Å². The molecule has 228 valence electrons. The number of unbranched alkanes of at least 4 members (excludes halogenated alkanes) is 13. The highest BCUT2D eigenvalue weighted by atomic mass is 32.2. The minimum atomic E-state index is -0.292. The van der Waals surface area contributed by atoms with Crippen LogP contribution in [0.3, 0.4) is 0 Å². The zero-order valence-corrected chi connectivity index (χ0v) is 26.2. The van der Waals surface area contributed by atoms with E-state index < -0.39 is 0 Å². The fourth-order valence-electron chi connectivity index (χ4n) is 5.62. The van der Waals surface area contributed by atoms with Crippen LogP contribution in [0.15, 0.2) is 29.7 Å². The molecule has 0 aliphatic heterocycles. The number of aromatic nitrogens is 4. The number of rotatable bonds is 21. The van der Waals surface area contributed by atoms with Gasteiger partial charge in [0.2, 0.25) is 0 Å². The maximum absolute atomic E-state index is 12.8. The van der Waals surface area contributed by atoms with Crippen LogP contribution in [0.5, 0.6) is 0 Å². The highest BCUT2D eigenvalue weighted by Crippen LogP contribution is 2.36. The van der Waals surface area contributed by atoms with Crippen molar-refractivity contribution in [2.45, 2.75) is 153 Å². The number of hydrogen-bond donors (Lipinski definition) is 0. The average Bonchev–Trinajstić information content (AvgIpc) is 3.42. The summed E-state index contributed by atoms with van der Waals surface area (Å²) in [6, 6.07) is 4.13. The molecule has 0 spiro atoms. The van der Waals surface area contributed by atoms with Gasteiger partial charge in [-0.05, 0) is 43.2 Å². The van der Waals surface area contributed by atoms with E-state index in [-0.39, 0.29) is 30.0 Å². The van der Waals surface area contributed by atoms with Gasteiger partial charge in [-0.15, -0.1) is 10.2 Å². The molecule has 0 unspecified atom stereocenters. The normalized spacial score (nSPS) is 13.9. The van der Waals surface area contributed by atoms with Crippen LogP contribution in [0, 0.1) is 0 Å². The van der Waals surface area contributed by atoms with Crippen molar-refractivity contribution >= 4 is 22.8 Å². The van der Waals surface area contributed by atoms with Crippen molar-refractivity contribution in [3.8, 4) is 11.4 Å². The Kier molecular flexibility index (Phi) is 16.7. The second-order valence-electron chi connectivity index (χ2n) is 11.5. The first kappa shape index (κ1) is 33.3. The quantitative estimate of drug-likeness (QED) is 0.0821. The molecule has 1 fully saturated rings. The van der Waals surface area contributed by atoms with Crippen molar-refractivity contribution in [2.24, 2.45) is 0 Å². The Balaban J connectivity index is 1.26. The number of esters is 1. The van der Waals surface area contributed by atoms with E-state index in [0.717, 1.165) is 48.8 Å². The minimum Gasteiger partial charge on any atom is -0.466 e. The fourth-order valence-corrected chi connectivity index (χ4v) is 6.45. The number of carbonyl (C=O) groups is 2. The van der Waals surface area contributed by atoms with Crippen molar-refractivity contribution in [3.05, 3.63) is 24.5 Å². The second-order valence-corrected chi connectivity index (χ2v) is 12.5. The molecule has 3 rings (SSSR count). The van der Waals surface area contributed by atoms with Gasteiger partial charge in [0.1, 0.15) is 0 Å². The Hall–Kier alpha value is -2.22. The molecule has 2 aromatic heterocycles. The second kappa shape index (κ2) is 20.6. The van der Waals surface area contributed by atoms with E-state index in [4.69, 9.17) is 4.74 Å². The van der Waals surface area contributed by atoms with E-state index in [1.54, 1.807) is 12.4 Å². The van der Waals surface area contributed by atoms with Crippen LogP contribution in [0.25, 0.3) is 11.4 Å². The monoisotopic (exact) mass is 584 g/mol. The van der Waals surface area contributed by atoms with Crippen LogP contribution in [-0.2, 0) is 14.3 Å². The van der Waals surface area contributed by atoms with Gasteiger partial charge in [-0.25, -0.2) is 0 Å². The van der Waals surface area contributed by atoms with Crippen LogP contribution in [0.4, 0.5) is 0 Å². The largest absolute Gasteiger partial charge is 0.466 e. The molecule has 1 aliphatic carbocycles. The fraction of sp³-hybridized carbons (Fsp3) is 0.727. The summed E-state index contributed by atoms with van der Waals surface area (Å²) < 4.78 is 7.52. The Morgan fingerprint density at radius 3 is 2.00 bits per heavy atom. The third-order valence-electron chi connectivity index (χ3n) is 8.04. The van der Waals surface area contributed by atoms with E-state index in [1.807, 2.05) is 12.1 Å². The third kappa shape index (κ3) is 13.1. The molecule has 7 nitrogen and oxygen atoms in total. The molecule has 1 saturated carbocycles. The first-order chi connectivity index (χ1) is 20.2. The van der Waals surface area contributed by atoms with Crippen molar-refractivity contribution in [1.82, 2.24) is 19.7 Å². The van der Waals surface area contributed by atoms with Crippen molar-refractivity contribution < 1.29 is 14.3 Å². The highest BCUT2D eigenvalue weighted by Gasteiger charge is 2.25. The molecule has 8 heteroatoms. The zero-order valence-electron chi connectivity index (χ0n) is 25.4. The highest BCUT2D eigenvalue weighted by molar-refractivity contribution is 8.13. The summed E-state index contributed by atoms with van der Waals surface area (Å²) in [4.78, 5) is 29.1. The van der Waals surface area contributed by atoms with Gasteiger partial charge in [0.05, 0.1) is 13.0 Å². The third-order valence-corrected chi connectivity index (χ3v) is 8.93. The van der Waals surface area contributed by atoms with E-state index in [0.29, 0.717) is 11.8 Å². The molecule has 2 heterocycles.